The maximum Gasteiger partial charge on any atom is 0.279 e. The van der Waals surface area contributed by atoms with Crippen molar-refractivity contribution in [1.29, 1.82) is 0 Å². The van der Waals surface area contributed by atoms with Gasteiger partial charge < -0.3 is 9.47 Å². The zero-order valence-electron chi connectivity index (χ0n) is 15.7. The molecule has 2 aliphatic rings. The monoisotopic (exact) mass is 414 g/mol. The van der Waals surface area contributed by atoms with Gasteiger partial charge in [-0.1, -0.05) is 17.4 Å². The Hall–Kier alpha value is -1.72. The molecule has 9 nitrogen and oxygen atoms in total. The minimum absolute atomic E-state index is 0.144. The Morgan fingerprint density at radius 1 is 1.18 bits per heavy atom. The van der Waals surface area contributed by atoms with Crippen molar-refractivity contribution in [2.24, 2.45) is 5.92 Å². The smallest absolute Gasteiger partial charge is 0.279 e. The van der Waals surface area contributed by atoms with Crippen molar-refractivity contribution in [3.8, 4) is 5.75 Å². The molecule has 28 heavy (non-hydrogen) atoms. The molecule has 2 unspecified atom stereocenters. The Balaban J connectivity index is 1.68. The maximum atomic E-state index is 13.1. The topological polar surface area (TPSA) is 117 Å². The van der Waals surface area contributed by atoms with Crippen LogP contribution >= 0.6 is 0 Å². The third-order valence-corrected chi connectivity index (χ3v) is 8.01. The zero-order valence-corrected chi connectivity index (χ0v) is 16.5. The van der Waals surface area contributed by atoms with E-state index >= 15 is 0 Å². The van der Waals surface area contributed by atoms with E-state index in [1.807, 2.05) is 24.3 Å². The molecule has 2 heterocycles. The van der Waals surface area contributed by atoms with Gasteiger partial charge >= 0.3 is 0 Å². The summed E-state index contributed by atoms with van der Waals surface area (Å²) in [5.41, 5.74) is 1.15. The van der Waals surface area contributed by atoms with Crippen molar-refractivity contribution in [2.45, 2.75) is 30.4 Å². The second-order valence-corrected chi connectivity index (χ2v) is 9.28. The molecule has 2 aliphatic heterocycles. The number of hydroxylamine groups is 2. The summed E-state index contributed by atoms with van der Waals surface area (Å²) < 4.78 is 38.0. The van der Waals surface area contributed by atoms with Crippen LogP contribution in [0.25, 0.3) is 0 Å². The number of amides is 1. The second kappa shape index (κ2) is 8.75. The molecule has 0 saturated carbocycles. The molecule has 2 fully saturated rings. The SMILES string of the molecule is COc1ccc(C2CCN(S(=O)(=O)C3CCOCC3C(=O)N(O)O)CC2)cc1. The van der Waals surface area contributed by atoms with Gasteiger partial charge in [-0.2, -0.15) is 0 Å². The fourth-order valence-corrected chi connectivity index (χ4v) is 6.07. The predicted molar refractivity (Wildman–Crippen MR) is 98.6 cm³/mol. The van der Waals surface area contributed by atoms with E-state index in [2.05, 4.69) is 0 Å². The summed E-state index contributed by atoms with van der Waals surface area (Å²) in [5.74, 6) is -1.16. The predicted octanol–water partition coefficient (Wildman–Crippen LogP) is 1.22. The van der Waals surface area contributed by atoms with E-state index in [0.717, 1.165) is 11.3 Å². The van der Waals surface area contributed by atoms with Gasteiger partial charge in [-0.05, 0) is 42.9 Å². The summed E-state index contributed by atoms with van der Waals surface area (Å²) >= 11 is 0. The zero-order chi connectivity index (χ0) is 20.3. The summed E-state index contributed by atoms with van der Waals surface area (Å²) in [6, 6.07) is 7.79. The average Bonchev–Trinajstić information content (AvgIpc) is 2.73. The highest BCUT2D eigenvalue weighted by atomic mass is 32.2. The fraction of sp³-hybridized carbons (Fsp3) is 0.611. The largest absolute Gasteiger partial charge is 0.497 e. The molecule has 0 radical (unpaired) electrons. The first-order chi connectivity index (χ1) is 13.3. The molecule has 1 aromatic carbocycles. The first kappa shape index (κ1) is 21.0. The number of carbonyl (C=O) groups excluding carboxylic acids is 1. The second-order valence-electron chi connectivity index (χ2n) is 7.13. The summed E-state index contributed by atoms with van der Waals surface area (Å²) in [6.07, 6.45) is 1.50. The number of nitrogens with zero attached hydrogens (tertiary/aromatic N) is 2. The van der Waals surface area contributed by atoms with E-state index in [1.165, 1.54) is 4.31 Å². The van der Waals surface area contributed by atoms with Crippen molar-refractivity contribution >= 4 is 15.9 Å². The van der Waals surface area contributed by atoms with Gasteiger partial charge in [0.05, 0.1) is 24.9 Å². The lowest BCUT2D eigenvalue weighted by Crippen LogP contribution is -2.52. The highest BCUT2D eigenvalue weighted by Gasteiger charge is 2.45. The molecular formula is C18H26N2O7S. The maximum absolute atomic E-state index is 13.1. The highest BCUT2D eigenvalue weighted by molar-refractivity contribution is 7.89. The van der Waals surface area contributed by atoms with Gasteiger partial charge in [0, 0.05) is 19.7 Å². The molecule has 0 aliphatic carbocycles. The summed E-state index contributed by atoms with van der Waals surface area (Å²) in [7, 11) is -2.15. The van der Waals surface area contributed by atoms with E-state index in [1.54, 1.807) is 7.11 Å². The Morgan fingerprint density at radius 3 is 2.39 bits per heavy atom. The van der Waals surface area contributed by atoms with Crippen LogP contribution in [0.1, 0.15) is 30.7 Å². The van der Waals surface area contributed by atoms with Crippen LogP contribution in [0.4, 0.5) is 0 Å². The van der Waals surface area contributed by atoms with E-state index in [4.69, 9.17) is 19.9 Å². The molecule has 2 N–H and O–H groups in total. The number of hydrogen-bond donors (Lipinski definition) is 2. The summed E-state index contributed by atoms with van der Waals surface area (Å²) in [4.78, 5) is 12.0. The molecule has 0 spiro atoms. The number of benzene rings is 1. The molecule has 0 bridgehead atoms. The molecular weight excluding hydrogens is 388 g/mol. The van der Waals surface area contributed by atoms with Gasteiger partial charge in [-0.15, -0.1) is 0 Å². The first-order valence-corrected chi connectivity index (χ1v) is 10.8. The number of rotatable bonds is 5. The van der Waals surface area contributed by atoms with Crippen molar-refractivity contribution < 1.29 is 33.1 Å². The number of carbonyl (C=O) groups is 1. The van der Waals surface area contributed by atoms with Crippen LogP contribution in [0.5, 0.6) is 5.75 Å². The van der Waals surface area contributed by atoms with E-state index in [0.29, 0.717) is 25.9 Å². The number of sulfonamides is 1. The fourth-order valence-electron chi connectivity index (χ4n) is 3.96. The number of piperidine rings is 1. The molecule has 2 atom stereocenters. The Kier molecular flexibility index (Phi) is 6.56. The van der Waals surface area contributed by atoms with Crippen LogP contribution in [0, 0.1) is 5.92 Å². The van der Waals surface area contributed by atoms with Gasteiger partial charge in [0.15, 0.2) is 0 Å². The number of hydrogen-bond acceptors (Lipinski definition) is 7. The molecule has 10 heteroatoms. The van der Waals surface area contributed by atoms with Crippen molar-refractivity contribution in [2.75, 3.05) is 33.4 Å². The van der Waals surface area contributed by atoms with E-state index in [-0.39, 0.29) is 25.6 Å². The van der Waals surface area contributed by atoms with Crippen LogP contribution in [-0.4, -0.2) is 72.9 Å². The Labute approximate surface area is 164 Å². The number of methoxy groups -OCH3 is 1. The quantitative estimate of drug-likeness (QED) is 0.549. The Bertz CT molecular complexity index is 774. The molecule has 3 rings (SSSR count). The van der Waals surface area contributed by atoms with Gasteiger partial charge in [0.25, 0.3) is 5.91 Å². The third kappa shape index (κ3) is 4.31. The molecule has 1 aromatic rings. The van der Waals surface area contributed by atoms with E-state index in [9.17, 15) is 13.2 Å². The van der Waals surface area contributed by atoms with Gasteiger partial charge in [-0.3, -0.25) is 15.2 Å². The Morgan fingerprint density at radius 2 is 1.82 bits per heavy atom. The molecule has 156 valence electrons. The third-order valence-electron chi connectivity index (χ3n) is 5.59. The van der Waals surface area contributed by atoms with E-state index < -0.39 is 32.3 Å². The lowest BCUT2D eigenvalue weighted by Gasteiger charge is -2.37. The molecule has 1 amide bonds. The van der Waals surface area contributed by atoms with Gasteiger partial charge in [-0.25, -0.2) is 12.7 Å². The number of ether oxygens (including phenoxy) is 2. The molecule has 2 saturated heterocycles. The lowest BCUT2D eigenvalue weighted by atomic mass is 9.90. The van der Waals surface area contributed by atoms with Crippen LogP contribution < -0.4 is 4.74 Å². The summed E-state index contributed by atoms with van der Waals surface area (Å²) in [5, 5.41) is 16.5. The first-order valence-electron chi connectivity index (χ1n) is 9.27. The molecule has 0 aromatic heterocycles. The minimum Gasteiger partial charge on any atom is -0.497 e. The standard InChI is InChI=1S/C18H26N2O7S/c1-26-15-4-2-13(3-5-15)14-6-9-19(10-7-14)28(24,25)17-8-11-27-12-16(17)18(21)20(22)23/h2-5,14,16-17,22-23H,6-12H2,1H3. The van der Waals surface area contributed by atoms with Gasteiger partial charge in [0.2, 0.25) is 10.0 Å². The summed E-state index contributed by atoms with van der Waals surface area (Å²) in [6.45, 7) is 0.786. The normalized spacial score (nSPS) is 24.7. The van der Waals surface area contributed by atoms with Crippen LogP contribution in [0.2, 0.25) is 0 Å². The van der Waals surface area contributed by atoms with Crippen LogP contribution in [-0.2, 0) is 19.6 Å². The average molecular weight is 414 g/mol. The van der Waals surface area contributed by atoms with Crippen molar-refractivity contribution in [3.05, 3.63) is 29.8 Å². The van der Waals surface area contributed by atoms with Crippen molar-refractivity contribution in [1.82, 2.24) is 9.53 Å². The highest BCUT2D eigenvalue weighted by Crippen LogP contribution is 2.33. The van der Waals surface area contributed by atoms with Crippen molar-refractivity contribution in [3.63, 3.8) is 0 Å². The lowest BCUT2D eigenvalue weighted by molar-refractivity contribution is -0.289. The minimum atomic E-state index is -3.77. The van der Waals surface area contributed by atoms with Crippen LogP contribution in [0.15, 0.2) is 24.3 Å². The van der Waals surface area contributed by atoms with Gasteiger partial charge in [0.1, 0.15) is 5.75 Å². The van der Waals surface area contributed by atoms with Crippen LogP contribution in [0.3, 0.4) is 0 Å².